The zero-order chi connectivity index (χ0) is 13.7. The third-order valence-corrected chi connectivity index (χ3v) is 2.61. The number of nitrogens with one attached hydrogen (secondary N) is 1. The van der Waals surface area contributed by atoms with Crippen LogP contribution >= 0.6 is 0 Å². The summed E-state index contributed by atoms with van der Waals surface area (Å²) in [6.45, 7) is 0.641. The van der Waals surface area contributed by atoms with Crippen molar-refractivity contribution in [2.24, 2.45) is 0 Å². The zero-order valence-electron chi connectivity index (χ0n) is 10.2. The molecule has 6 heteroatoms. The molecule has 2 heterocycles. The second-order valence-electron chi connectivity index (χ2n) is 4.00. The highest BCUT2D eigenvalue weighted by Gasteiger charge is 2.09. The van der Waals surface area contributed by atoms with Crippen molar-refractivity contribution in [2.45, 2.75) is 6.42 Å². The van der Waals surface area contributed by atoms with Crippen molar-refractivity contribution >= 4 is 17.5 Å². The number of pyridine rings is 2. The van der Waals surface area contributed by atoms with Crippen LogP contribution in [0.4, 0.5) is 11.5 Å². The minimum absolute atomic E-state index is 0.0545. The smallest absolute Gasteiger partial charge is 0.337 e. The number of aromatic nitrogens is 2. The van der Waals surface area contributed by atoms with Gasteiger partial charge in [0.15, 0.2) is 0 Å². The monoisotopic (exact) mass is 258 g/mol. The van der Waals surface area contributed by atoms with Gasteiger partial charge in [-0.05, 0) is 24.1 Å². The van der Waals surface area contributed by atoms with Gasteiger partial charge in [-0.25, -0.2) is 9.78 Å². The van der Waals surface area contributed by atoms with Gasteiger partial charge in [0.05, 0.1) is 17.4 Å². The summed E-state index contributed by atoms with van der Waals surface area (Å²) >= 11 is 0. The van der Waals surface area contributed by atoms with Gasteiger partial charge in [-0.2, -0.15) is 0 Å². The second-order valence-corrected chi connectivity index (χ2v) is 4.00. The molecule has 19 heavy (non-hydrogen) atoms. The Bertz CT molecular complexity index is 572. The number of hydrogen-bond donors (Lipinski definition) is 3. The molecule has 0 aromatic carbocycles. The van der Waals surface area contributed by atoms with Crippen LogP contribution in [0.3, 0.4) is 0 Å². The van der Waals surface area contributed by atoms with Crippen LogP contribution in [-0.4, -0.2) is 27.6 Å². The van der Waals surface area contributed by atoms with Crippen molar-refractivity contribution in [1.29, 1.82) is 0 Å². The predicted octanol–water partition coefficient (Wildman–Crippen LogP) is 1.41. The molecule has 6 nitrogen and oxygen atoms in total. The first-order chi connectivity index (χ1) is 9.16. The molecule has 0 fully saturated rings. The van der Waals surface area contributed by atoms with Gasteiger partial charge < -0.3 is 16.2 Å². The van der Waals surface area contributed by atoms with E-state index in [1.54, 1.807) is 12.4 Å². The van der Waals surface area contributed by atoms with Crippen LogP contribution in [0, 0.1) is 0 Å². The van der Waals surface area contributed by atoms with Crippen LogP contribution in [-0.2, 0) is 6.42 Å². The van der Waals surface area contributed by atoms with Crippen LogP contribution in [0.2, 0.25) is 0 Å². The molecule has 0 amide bonds. The Labute approximate surface area is 110 Å². The van der Waals surface area contributed by atoms with E-state index in [4.69, 9.17) is 10.8 Å². The van der Waals surface area contributed by atoms with E-state index in [1.807, 2.05) is 12.1 Å². The lowest BCUT2D eigenvalue weighted by molar-refractivity contribution is 0.0698. The zero-order valence-corrected chi connectivity index (χ0v) is 10.2. The number of carboxylic acids is 1. The minimum Gasteiger partial charge on any atom is -0.478 e. The summed E-state index contributed by atoms with van der Waals surface area (Å²) in [6, 6.07) is 5.29. The molecule has 0 aliphatic rings. The van der Waals surface area contributed by atoms with Gasteiger partial charge in [0, 0.05) is 18.9 Å². The lowest BCUT2D eigenvalue weighted by Gasteiger charge is -2.07. The van der Waals surface area contributed by atoms with Gasteiger partial charge in [-0.15, -0.1) is 0 Å². The molecule has 0 spiro atoms. The van der Waals surface area contributed by atoms with Crippen LogP contribution in [0.15, 0.2) is 36.8 Å². The van der Waals surface area contributed by atoms with Crippen molar-refractivity contribution < 1.29 is 9.90 Å². The van der Waals surface area contributed by atoms with E-state index in [9.17, 15) is 4.79 Å². The lowest BCUT2D eigenvalue weighted by atomic mass is 10.2. The summed E-state index contributed by atoms with van der Waals surface area (Å²) in [6.07, 6.45) is 5.64. The highest BCUT2D eigenvalue weighted by atomic mass is 16.4. The maximum atomic E-state index is 10.9. The molecular formula is C13H14N4O2. The van der Waals surface area contributed by atoms with E-state index in [-0.39, 0.29) is 11.3 Å². The summed E-state index contributed by atoms with van der Waals surface area (Å²) in [5.41, 5.74) is 6.84. The normalized spacial score (nSPS) is 10.1. The molecular weight excluding hydrogens is 244 g/mol. The number of anilines is 2. The van der Waals surface area contributed by atoms with Gasteiger partial charge in [0.1, 0.15) is 5.82 Å². The van der Waals surface area contributed by atoms with Crippen LogP contribution in [0.5, 0.6) is 0 Å². The summed E-state index contributed by atoms with van der Waals surface area (Å²) in [4.78, 5) is 19.0. The topological polar surface area (TPSA) is 101 Å². The van der Waals surface area contributed by atoms with Crippen LogP contribution in [0.25, 0.3) is 0 Å². The Morgan fingerprint density at radius 1 is 1.42 bits per heavy atom. The van der Waals surface area contributed by atoms with Gasteiger partial charge >= 0.3 is 5.97 Å². The molecule has 0 unspecified atom stereocenters. The van der Waals surface area contributed by atoms with Gasteiger partial charge in [0.25, 0.3) is 0 Å². The number of nitrogens with zero attached hydrogens (tertiary/aromatic N) is 2. The quantitative estimate of drug-likeness (QED) is 0.749. The van der Waals surface area contributed by atoms with Crippen molar-refractivity contribution in [3.8, 4) is 0 Å². The molecule has 98 valence electrons. The number of rotatable bonds is 5. The molecule has 0 saturated carbocycles. The highest BCUT2D eigenvalue weighted by Crippen LogP contribution is 2.14. The molecule has 0 radical (unpaired) electrons. The number of carboxylic acid groups (broad SMARTS) is 1. The van der Waals surface area contributed by atoms with Crippen molar-refractivity contribution in [1.82, 2.24) is 9.97 Å². The van der Waals surface area contributed by atoms with E-state index in [1.165, 1.54) is 12.3 Å². The highest BCUT2D eigenvalue weighted by molar-refractivity contribution is 5.94. The molecule has 0 aliphatic carbocycles. The largest absolute Gasteiger partial charge is 0.478 e. The third kappa shape index (κ3) is 3.41. The molecule has 2 aromatic heterocycles. The Kier molecular flexibility index (Phi) is 3.92. The van der Waals surface area contributed by atoms with Crippen molar-refractivity contribution in [3.63, 3.8) is 0 Å². The van der Waals surface area contributed by atoms with E-state index >= 15 is 0 Å². The molecule has 0 aliphatic heterocycles. The molecule has 4 N–H and O–H groups in total. The van der Waals surface area contributed by atoms with Gasteiger partial charge in [0.2, 0.25) is 0 Å². The fraction of sp³-hybridized carbons (Fsp3) is 0.154. The van der Waals surface area contributed by atoms with E-state index in [2.05, 4.69) is 15.3 Å². The average molecular weight is 258 g/mol. The van der Waals surface area contributed by atoms with E-state index in [0.717, 1.165) is 12.0 Å². The minimum atomic E-state index is -1.06. The molecule has 0 saturated heterocycles. The third-order valence-electron chi connectivity index (χ3n) is 2.61. The second kappa shape index (κ2) is 5.81. The van der Waals surface area contributed by atoms with Crippen molar-refractivity contribution in [3.05, 3.63) is 47.9 Å². The van der Waals surface area contributed by atoms with E-state index in [0.29, 0.717) is 12.4 Å². The molecule has 0 atom stereocenters. The van der Waals surface area contributed by atoms with Gasteiger partial charge in [-0.3, -0.25) is 4.98 Å². The summed E-state index contributed by atoms with van der Waals surface area (Å²) in [5.74, 6) is -0.564. The molecule has 2 rings (SSSR count). The van der Waals surface area contributed by atoms with Gasteiger partial charge in [-0.1, -0.05) is 6.07 Å². The number of aromatic carboxylic acids is 1. The van der Waals surface area contributed by atoms with Crippen LogP contribution in [0.1, 0.15) is 15.9 Å². The lowest BCUT2D eigenvalue weighted by Crippen LogP contribution is -2.09. The van der Waals surface area contributed by atoms with Crippen molar-refractivity contribution in [2.75, 3.05) is 17.6 Å². The standard InChI is InChI=1S/C13H14N4O2/c14-11-8-17-12(6-10(11)13(18)19)16-5-3-9-2-1-4-15-7-9/h1-2,4,6-8H,3,5,14H2,(H,16,17)(H,18,19). The summed E-state index contributed by atoms with van der Waals surface area (Å²) in [5, 5.41) is 12.0. The number of nitrogens with two attached hydrogens (primary N) is 1. The number of hydrogen-bond acceptors (Lipinski definition) is 5. The maximum Gasteiger partial charge on any atom is 0.337 e. The predicted molar refractivity (Wildman–Crippen MR) is 72.0 cm³/mol. The Morgan fingerprint density at radius 3 is 2.95 bits per heavy atom. The average Bonchev–Trinajstić information content (AvgIpc) is 2.41. The fourth-order valence-electron chi connectivity index (χ4n) is 1.63. The first-order valence-corrected chi connectivity index (χ1v) is 5.78. The molecule has 2 aromatic rings. The van der Waals surface area contributed by atoms with E-state index < -0.39 is 5.97 Å². The Hall–Kier alpha value is -2.63. The number of carbonyl (C=O) groups is 1. The maximum absolute atomic E-state index is 10.9. The molecule has 0 bridgehead atoms. The summed E-state index contributed by atoms with van der Waals surface area (Å²) < 4.78 is 0. The fourth-order valence-corrected chi connectivity index (χ4v) is 1.63. The SMILES string of the molecule is Nc1cnc(NCCc2cccnc2)cc1C(=O)O. The first-order valence-electron chi connectivity index (χ1n) is 5.78. The summed E-state index contributed by atoms with van der Waals surface area (Å²) in [7, 11) is 0. The van der Waals surface area contributed by atoms with Crippen LogP contribution < -0.4 is 11.1 Å². The number of nitrogen functional groups attached to an aromatic ring is 1. The Balaban J connectivity index is 1.97. The Morgan fingerprint density at radius 2 is 2.26 bits per heavy atom. The first kappa shape index (κ1) is 12.8.